The Balaban J connectivity index is 1.41. The van der Waals surface area contributed by atoms with Crippen LogP contribution in [-0.2, 0) is 11.2 Å². The van der Waals surface area contributed by atoms with E-state index in [1.165, 1.54) is 0 Å². The third-order valence-corrected chi connectivity index (χ3v) is 6.99. The van der Waals surface area contributed by atoms with Crippen LogP contribution in [0.15, 0.2) is 42.6 Å². The van der Waals surface area contributed by atoms with Crippen molar-refractivity contribution in [3.05, 3.63) is 48.2 Å². The highest BCUT2D eigenvalue weighted by atomic mass is 16.5. The summed E-state index contributed by atoms with van der Waals surface area (Å²) in [4.78, 5) is 21.2. The van der Waals surface area contributed by atoms with Crippen LogP contribution < -0.4 is 14.7 Å². The van der Waals surface area contributed by atoms with Crippen LogP contribution in [0.25, 0.3) is 11.3 Å². The summed E-state index contributed by atoms with van der Waals surface area (Å²) in [5.41, 5.74) is 3.86. The number of phenolic OH excluding ortho intramolecular Hbond substituents is 1. The standard InChI is InChI=1S/C26H30N6O3/c33-20-4-1-3-18(15-20)24-22-7-10-32(25(22)29-26(28-24)30-11-13-35-14-12-30)19-6-8-27-23(16-19)31-9-2-5-21(34)17-31/h1,3-4,6,8,15-16,21,33-34H,2,5,7,9-14,17H2. The Hall–Kier alpha value is -3.43. The highest BCUT2D eigenvalue weighted by Gasteiger charge is 2.30. The Morgan fingerprint density at radius 2 is 1.86 bits per heavy atom. The maximum atomic E-state index is 10.1. The summed E-state index contributed by atoms with van der Waals surface area (Å²) < 4.78 is 5.54. The van der Waals surface area contributed by atoms with Gasteiger partial charge in [0.15, 0.2) is 0 Å². The molecule has 0 amide bonds. The van der Waals surface area contributed by atoms with E-state index in [2.05, 4.69) is 25.8 Å². The number of rotatable bonds is 4. The fraction of sp³-hybridized carbons (Fsp3) is 0.423. The number of phenols is 1. The fourth-order valence-electron chi connectivity index (χ4n) is 5.20. The lowest BCUT2D eigenvalue weighted by Crippen LogP contribution is -2.38. The van der Waals surface area contributed by atoms with Gasteiger partial charge in [-0.3, -0.25) is 0 Å². The largest absolute Gasteiger partial charge is 0.508 e. The molecule has 1 atom stereocenters. The molecule has 9 heteroatoms. The lowest BCUT2D eigenvalue weighted by atomic mass is 10.1. The van der Waals surface area contributed by atoms with Gasteiger partial charge in [0.2, 0.25) is 5.95 Å². The van der Waals surface area contributed by atoms with E-state index in [9.17, 15) is 10.2 Å². The molecular weight excluding hydrogens is 444 g/mol. The molecule has 0 saturated carbocycles. The Bertz CT molecular complexity index is 1220. The van der Waals surface area contributed by atoms with Crippen molar-refractivity contribution in [1.29, 1.82) is 0 Å². The zero-order valence-corrected chi connectivity index (χ0v) is 19.7. The van der Waals surface area contributed by atoms with Gasteiger partial charge in [-0.05, 0) is 37.5 Å². The number of benzene rings is 1. The van der Waals surface area contributed by atoms with Gasteiger partial charge in [0.05, 0.1) is 25.0 Å². The molecule has 3 aliphatic heterocycles. The predicted octanol–water partition coefficient (Wildman–Crippen LogP) is 2.74. The van der Waals surface area contributed by atoms with Crippen LogP contribution in [0, 0.1) is 0 Å². The summed E-state index contributed by atoms with van der Waals surface area (Å²) in [5, 5.41) is 20.3. The SMILES string of the molecule is Oc1cccc(-c2nc(N3CCOCC3)nc3c2CCN3c2ccnc(N3CCCC(O)C3)c2)c1. The van der Waals surface area contributed by atoms with Gasteiger partial charge >= 0.3 is 0 Å². The van der Waals surface area contributed by atoms with Gasteiger partial charge in [-0.15, -0.1) is 0 Å². The quantitative estimate of drug-likeness (QED) is 0.591. The van der Waals surface area contributed by atoms with E-state index in [1.54, 1.807) is 12.1 Å². The first-order valence-electron chi connectivity index (χ1n) is 12.4. The molecule has 35 heavy (non-hydrogen) atoms. The summed E-state index contributed by atoms with van der Waals surface area (Å²) in [6.07, 6.45) is 4.14. The third-order valence-electron chi connectivity index (χ3n) is 6.99. The molecular formula is C26H30N6O3. The second kappa shape index (κ2) is 9.31. The molecule has 0 bridgehead atoms. The molecule has 3 aliphatic rings. The van der Waals surface area contributed by atoms with Gasteiger partial charge in [-0.25, -0.2) is 9.97 Å². The molecule has 1 unspecified atom stereocenters. The van der Waals surface area contributed by atoms with Crippen LogP contribution in [0.2, 0.25) is 0 Å². The summed E-state index contributed by atoms with van der Waals surface area (Å²) in [6.45, 7) is 5.09. The smallest absolute Gasteiger partial charge is 0.228 e. The number of ether oxygens (including phenoxy) is 1. The summed E-state index contributed by atoms with van der Waals surface area (Å²) in [7, 11) is 0. The van der Waals surface area contributed by atoms with Crippen molar-refractivity contribution in [3.63, 3.8) is 0 Å². The minimum absolute atomic E-state index is 0.222. The number of β-amino-alcohol motifs (C(OH)–C–C–N with tert-alkyl or cyclic N) is 1. The van der Waals surface area contributed by atoms with E-state index in [-0.39, 0.29) is 11.9 Å². The normalized spacial score (nSPS) is 20.3. The third kappa shape index (κ3) is 4.37. The van der Waals surface area contributed by atoms with Gasteiger partial charge in [0.25, 0.3) is 0 Å². The zero-order chi connectivity index (χ0) is 23.8. The van der Waals surface area contributed by atoms with Crippen molar-refractivity contribution in [2.45, 2.75) is 25.4 Å². The lowest BCUT2D eigenvalue weighted by molar-refractivity contribution is 0.122. The van der Waals surface area contributed by atoms with E-state index in [0.717, 1.165) is 79.6 Å². The molecule has 5 heterocycles. The predicted molar refractivity (Wildman–Crippen MR) is 135 cm³/mol. The van der Waals surface area contributed by atoms with E-state index >= 15 is 0 Å². The molecule has 2 N–H and O–H groups in total. The molecule has 2 saturated heterocycles. The number of aliphatic hydroxyl groups is 1. The average Bonchev–Trinajstić information content (AvgIpc) is 3.33. The van der Waals surface area contributed by atoms with Crippen LogP contribution >= 0.6 is 0 Å². The van der Waals surface area contributed by atoms with Gasteiger partial charge in [0.1, 0.15) is 17.4 Å². The first-order valence-corrected chi connectivity index (χ1v) is 12.4. The summed E-state index contributed by atoms with van der Waals surface area (Å²) in [6, 6.07) is 11.4. The second-order valence-corrected chi connectivity index (χ2v) is 9.34. The molecule has 1 aromatic carbocycles. The van der Waals surface area contributed by atoms with Crippen LogP contribution in [0.1, 0.15) is 18.4 Å². The van der Waals surface area contributed by atoms with Gasteiger partial charge in [0, 0.05) is 61.8 Å². The van der Waals surface area contributed by atoms with E-state index < -0.39 is 0 Å². The van der Waals surface area contributed by atoms with Crippen molar-refractivity contribution in [2.75, 3.05) is 60.6 Å². The van der Waals surface area contributed by atoms with E-state index in [4.69, 9.17) is 14.7 Å². The topological polar surface area (TPSA) is 98.1 Å². The van der Waals surface area contributed by atoms with Gasteiger partial charge in [-0.1, -0.05) is 12.1 Å². The molecule has 2 aromatic heterocycles. The molecule has 0 aliphatic carbocycles. The first kappa shape index (κ1) is 22.1. The summed E-state index contributed by atoms with van der Waals surface area (Å²) in [5.74, 6) is 2.69. The minimum Gasteiger partial charge on any atom is -0.508 e. The second-order valence-electron chi connectivity index (χ2n) is 9.34. The number of aliphatic hydroxyl groups excluding tert-OH is 1. The number of aromatic nitrogens is 3. The van der Waals surface area contributed by atoms with Crippen LogP contribution in [0.4, 0.5) is 23.3 Å². The van der Waals surface area contributed by atoms with E-state index in [1.807, 2.05) is 24.4 Å². The average molecular weight is 475 g/mol. The lowest BCUT2D eigenvalue weighted by Gasteiger charge is -2.32. The molecule has 2 fully saturated rings. The maximum absolute atomic E-state index is 10.1. The highest BCUT2D eigenvalue weighted by Crippen LogP contribution is 2.40. The molecule has 182 valence electrons. The molecule has 9 nitrogen and oxygen atoms in total. The number of hydrogen-bond donors (Lipinski definition) is 2. The molecule has 6 rings (SSSR count). The van der Waals surface area contributed by atoms with E-state index in [0.29, 0.717) is 25.7 Å². The number of piperidine rings is 1. The minimum atomic E-state index is -0.310. The first-order chi connectivity index (χ1) is 17.2. The number of aromatic hydroxyl groups is 1. The zero-order valence-electron chi connectivity index (χ0n) is 19.7. The number of fused-ring (bicyclic) bond motifs is 1. The van der Waals surface area contributed by atoms with Crippen molar-refractivity contribution in [1.82, 2.24) is 15.0 Å². The van der Waals surface area contributed by atoms with Gasteiger partial charge in [-0.2, -0.15) is 4.98 Å². The Morgan fingerprint density at radius 3 is 2.69 bits per heavy atom. The highest BCUT2D eigenvalue weighted by molar-refractivity contribution is 5.78. The molecule has 0 spiro atoms. The van der Waals surface area contributed by atoms with Crippen molar-refractivity contribution < 1.29 is 14.9 Å². The number of nitrogens with zero attached hydrogens (tertiary/aromatic N) is 6. The Labute approximate surface area is 204 Å². The van der Waals surface area contributed by atoms with Gasteiger partial charge < -0.3 is 29.6 Å². The number of pyridine rings is 1. The maximum Gasteiger partial charge on any atom is 0.228 e. The number of hydrogen-bond acceptors (Lipinski definition) is 9. The Kier molecular flexibility index (Phi) is 5.87. The van der Waals surface area contributed by atoms with Crippen LogP contribution in [0.3, 0.4) is 0 Å². The monoisotopic (exact) mass is 474 g/mol. The Morgan fingerprint density at radius 1 is 0.971 bits per heavy atom. The number of anilines is 4. The van der Waals surface area contributed by atoms with Crippen molar-refractivity contribution >= 4 is 23.3 Å². The van der Waals surface area contributed by atoms with Crippen molar-refractivity contribution in [3.8, 4) is 17.0 Å². The molecule has 3 aromatic rings. The van der Waals surface area contributed by atoms with Crippen molar-refractivity contribution in [2.24, 2.45) is 0 Å². The summed E-state index contributed by atoms with van der Waals surface area (Å²) >= 11 is 0. The fourth-order valence-corrected chi connectivity index (χ4v) is 5.20. The molecule has 0 radical (unpaired) electrons. The van der Waals surface area contributed by atoms with Crippen LogP contribution in [0.5, 0.6) is 5.75 Å². The number of morpholine rings is 1. The van der Waals surface area contributed by atoms with Crippen LogP contribution in [-0.4, -0.2) is 77.2 Å².